The maximum atomic E-state index is 12.6. The lowest BCUT2D eigenvalue weighted by atomic mass is 10.1. The Balaban J connectivity index is 1.67. The molecule has 28 heavy (non-hydrogen) atoms. The van der Waals surface area contributed by atoms with E-state index < -0.39 is 0 Å². The molecule has 8 nitrogen and oxygen atoms in total. The van der Waals surface area contributed by atoms with Gasteiger partial charge in [0.15, 0.2) is 5.65 Å². The van der Waals surface area contributed by atoms with Gasteiger partial charge in [-0.2, -0.15) is 5.10 Å². The Morgan fingerprint density at radius 3 is 2.89 bits per heavy atom. The molecule has 0 fully saturated rings. The van der Waals surface area contributed by atoms with Crippen LogP contribution in [0.4, 0.5) is 0 Å². The van der Waals surface area contributed by atoms with Gasteiger partial charge in [-0.05, 0) is 25.5 Å². The molecule has 5 rings (SSSR count). The van der Waals surface area contributed by atoms with Gasteiger partial charge in [0.1, 0.15) is 5.76 Å². The van der Waals surface area contributed by atoms with Crippen LogP contribution in [0.15, 0.2) is 52.1 Å². The zero-order valence-corrected chi connectivity index (χ0v) is 15.5. The van der Waals surface area contributed by atoms with Gasteiger partial charge in [-0.1, -0.05) is 13.0 Å². The largest absolute Gasteiger partial charge is 0.441 e. The highest BCUT2D eigenvalue weighted by molar-refractivity contribution is 5.84. The molecule has 1 aromatic carbocycles. The van der Waals surface area contributed by atoms with E-state index >= 15 is 0 Å². The molecule has 5 aromatic rings. The average Bonchev–Trinajstić information content (AvgIpc) is 3.40. The Bertz CT molecular complexity index is 1370. The molecule has 1 N–H and O–H groups in total. The smallest absolute Gasteiger partial charge is 0.273 e. The van der Waals surface area contributed by atoms with Gasteiger partial charge in [-0.3, -0.25) is 14.6 Å². The van der Waals surface area contributed by atoms with Crippen LogP contribution in [-0.2, 0) is 6.54 Å². The molecule has 4 aromatic heterocycles. The van der Waals surface area contributed by atoms with Crippen molar-refractivity contribution in [1.29, 1.82) is 0 Å². The Hall–Kier alpha value is -3.68. The first-order chi connectivity index (χ1) is 13.6. The highest BCUT2D eigenvalue weighted by Crippen LogP contribution is 2.26. The highest BCUT2D eigenvalue weighted by atomic mass is 16.4. The summed E-state index contributed by atoms with van der Waals surface area (Å²) in [5, 5.41) is 8.38. The molecule has 140 valence electrons. The van der Waals surface area contributed by atoms with Crippen LogP contribution in [0.1, 0.15) is 19.1 Å². The van der Waals surface area contributed by atoms with Crippen LogP contribution >= 0.6 is 0 Å². The van der Waals surface area contributed by atoms with Crippen LogP contribution in [0.25, 0.3) is 39.3 Å². The standard InChI is InChI=1S/C20H18N6O2/c1-3-6-25-17-5-4-13(7-14(17)10-22-25)16-8-18(27)26-19(24-16)15(11-23-26)20-21-9-12(2)28-20/h4-5,7-11,23H,3,6H2,1-2H3. The summed E-state index contributed by atoms with van der Waals surface area (Å²) in [6, 6.07) is 7.52. The monoisotopic (exact) mass is 374 g/mol. The molecule has 0 amide bonds. The first-order valence-electron chi connectivity index (χ1n) is 9.14. The Labute approximate surface area is 159 Å². The van der Waals surface area contributed by atoms with E-state index in [1.165, 1.54) is 10.6 Å². The minimum Gasteiger partial charge on any atom is -0.441 e. The molecule has 0 unspecified atom stereocenters. The van der Waals surface area contributed by atoms with E-state index in [2.05, 4.69) is 22.1 Å². The Kier molecular flexibility index (Phi) is 3.65. The lowest BCUT2D eigenvalue weighted by Crippen LogP contribution is -2.14. The van der Waals surface area contributed by atoms with Gasteiger partial charge in [0.2, 0.25) is 5.89 Å². The van der Waals surface area contributed by atoms with Crippen LogP contribution < -0.4 is 5.56 Å². The number of benzene rings is 1. The fourth-order valence-electron chi connectivity index (χ4n) is 3.40. The summed E-state index contributed by atoms with van der Waals surface area (Å²) in [5.41, 5.74) is 3.45. The SMILES string of the molecule is CCCn1ncc2cc(-c3cc(=O)n4[nH]cc(-c5ncc(C)o5)c4n3)ccc21. The summed E-state index contributed by atoms with van der Waals surface area (Å²) < 4.78 is 8.98. The quantitative estimate of drug-likeness (QED) is 0.520. The summed E-state index contributed by atoms with van der Waals surface area (Å²) in [5.74, 6) is 1.12. The molecule has 0 saturated carbocycles. The van der Waals surface area contributed by atoms with Crippen molar-refractivity contribution in [2.75, 3.05) is 0 Å². The number of nitrogens with one attached hydrogen (secondary N) is 1. The second-order valence-corrected chi connectivity index (χ2v) is 6.74. The van der Waals surface area contributed by atoms with Gasteiger partial charge >= 0.3 is 0 Å². The number of fused-ring (bicyclic) bond motifs is 2. The van der Waals surface area contributed by atoms with E-state index in [4.69, 9.17) is 9.40 Å². The fourth-order valence-corrected chi connectivity index (χ4v) is 3.40. The lowest BCUT2D eigenvalue weighted by molar-refractivity contribution is 0.543. The first kappa shape index (κ1) is 16.5. The summed E-state index contributed by atoms with van der Waals surface area (Å²) in [4.78, 5) is 21.6. The number of aryl methyl sites for hydroxylation is 2. The summed E-state index contributed by atoms with van der Waals surface area (Å²) in [7, 11) is 0. The van der Waals surface area contributed by atoms with Crippen LogP contribution in [0.2, 0.25) is 0 Å². The number of rotatable bonds is 4. The summed E-state index contributed by atoms with van der Waals surface area (Å²) in [6.07, 6.45) is 6.18. The number of oxazole rings is 1. The van der Waals surface area contributed by atoms with Crippen LogP contribution in [0.5, 0.6) is 0 Å². The van der Waals surface area contributed by atoms with Gasteiger partial charge in [0, 0.05) is 29.8 Å². The molecule has 0 aliphatic carbocycles. The predicted octanol–water partition coefficient (Wildman–Crippen LogP) is 3.41. The zero-order chi connectivity index (χ0) is 19.3. The van der Waals surface area contributed by atoms with Crippen molar-refractivity contribution in [3.63, 3.8) is 0 Å². The van der Waals surface area contributed by atoms with Crippen molar-refractivity contribution in [3.8, 4) is 22.7 Å². The minimum atomic E-state index is -0.198. The molecule has 0 bridgehead atoms. The third-order valence-corrected chi connectivity index (χ3v) is 4.72. The third kappa shape index (κ3) is 2.53. The first-order valence-corrected chi connectivity index (χ1v) is 9.14. The summed E-state index contributed by atoms with van der Waals surface area (Å²) >= 11 is 0. The minimum absolute atomic E-state index is 0.198. The van der Waals surface area contributed by atoms with Crippen molar-refractivity contribution < 1.29 is 4.42 Å². The topological polar surface area (TPSA) is 94.0 Å². The van der Waals surface area contributed by atoms with E-state index in [0.717, 1.165) is 29.4 Å². The van der Waals surface area contributed by atoms with Crippen molar-refractivity contribution in [2.24, 2.45) is 0 Å². The van der Waals surface area contributed by atoms with Crippen molar-refractivity contribution in [2.45, 2.75) is 26.8 Å². The van der Waals surface area contributed by atoms with E-state index in [-0.39, 0.29) is 5.56 Å². The number of hydrogen-bond acceptors (Lipinski definition) is 5. The Morgan fingerprint density at radius 1 is 1.21 bits per heavy atom. The molecule has 0 aliphatic rings. The molecule has 8 heteroatoms. The van der Waals surface area contributed by atoms with E-state index in [0.29, 0.717) is 28.6 Å². The maximum absolute atomic E-state index is 12.6. The van der Waals surface area contributed by atoms with Crippen molar-refractivity contribution in [1.82, 2.24) is 29.4 Å². The lowest BCUT2D eigenvalue weighted by Gasteiger charge is -2.04. The number of aromatic amines is 1. The normalized spacial score (nSPS) is 11.6. The van der Waals surface area contributed by atoms with Gasteiger partial charge in [0.05, 0.1) is 29.2 Å². The second kappa shape index (κ2) is 6.19. The molecule has 0 saturated heterocycles. The van der Waals surface area contributed by atoms with Gasteiger partial charge < -0.3 is 4.42 Å². The molecule has 0 aliphatic heterocycles. The maximum Gasteiger partial charge on any atom is 0.273 e. The molecule has 0 spiro atoms. The Morgan fingerprint density at radius 2 is 2.11 bits per heavy atom. The molecule has 0 atom stereocenters. The fraction of sp³-hybridized carbons (Fsp3) is 0.200. The average molecular weight is 374 g/mol. The van der Waals surface area contributed by atoms with Crippen LogP contribution in [0, 0.1) is 6.92 Å². The van der Waals surface area contributed by atoms with Crippen molar-refractivity contribution >= 4 is 16.6 Å². The number of aromatic nitrogens is 6. The van der Waals surface area contributed by atoms with Gasteiger partial charge in [0.25, 0.3) is 5.56 Å². The van der Waals surface area contributed by atoms with Crippen LogP contribution in [-0.4, -0.2) is 29.4 Å². The second-order valence-electron chi connectivity index (χ2n) is 6.74. The highest BCUT2D eigenvalue weighted by Gasteiger charge is 2.16. The third-order valence-electron chi connectivity index (χ3n) is 4.72. The molecule has 4 heterocycles. The zero-order valence-electron chi connectivity index (χ0n) is 15.5. The molecular weight excluding hydrogens is 356 g/mol. The summed E-state index contributed by atoms with van der Waals surface area (Å²) in [6.45, 7) is 4.82. The van der Waals surface area contributed by atoms with E-state index in [1.54, 1.807) is 12.4 Å². The van der Waals surface area contributed by atoms with Crippen molar-refractivity contribution in [3.05, 3.63) is 59.0 Å². The number of nitrogens with zero attached hydrogens (tertiary/aromatic N) is 5. The number of hydrogen-bond donors (Lipinski definition) is 1. The van der Waals surface area contributed by atoms with Crippen LogP contribution in [0.3, 0.4) is 0 Å². The number of H-pyrrole nitrogens is 1. The predicted molar refractivity (Wildman–Crippen MR) is 105 cm³/mol. The van der Waals surface area contributed by atoms with E-state index in [9.17, 15) is 4.79 Å². The van der Waals surface area contributed by atoms with E-state index in [1.807, 2.05) is 36.0 Å². The molecular formula is C20H18N6O2. The van der Waals surface area contributed by atoms with Gasteiger partial charge in [-0.15, -0.1) is 0 Å². The van der Waals surface area contributed by atoms with Gasteiger partial charge in [-0.25, -0.2) is 14.5 Å². The molecule has 0 radical (unpaired) electrons.